The van der Waals surface area contributed by atoms with Gasteiger partial charge in [-0.2, -0.15) is 18.3 Å². The predicted molar refractivity (Wildman–Crippen MR) is 91.5 cm³/mol. The second kappa shape index (κ2) is 7.16. The van der Waals surface area contributed by atoms with Gasteiger partial charge in [0, 0.05) is 5.56 Å². The van der Waals surface area contributed by atoms with E-state index in [0.29, 0.717) is 17.1 Å². The van der Waals surface area contributed by atoms with Gasteiger partial charge in [-0.1, -0.05) is 0 Å². The molecule has 1 aliphatic heterocycles. The monoisotopic (exact) mass is 391 g/mol. The molecule has 3 aromatic rings. The van der Waals surface area contributed by atoms with Crippen LogP contribution < -0.4 is 5.32 Å². The van der Waals surface area contributed by atoms with E-state index in [1.54, 1.807) is 18.3 Å². The summed E-state index contributed by atoms with van der Waals surface area (Å²) in [7, 11) is 0. The zero-order valence-corrected chi connectivity index (χ0v) is 14.6. The molecule has 9 heteroatoms. The zero-order valence-electron chi connectivity index (χ0n) is 14.6. The van der Waals surface area contributed by atoms with E-state index in [9.17, 15) is 18.0 Å². The van der Waals surface area contributed by atoms with Crippen LogP contribution in [0.2, 0.25) is 0 Å². The SMILES string of the molecule is O=C(Cc1ccco1)N[C@@H]1COCc2c1cnn2-c1ccc(C(F)(F)F)cc1. The number of ether oxygens (including phenoxy) is 1. The molecule has 0 bridgehead atoms. The Bertz CT molecular complexity index is 963. The minimum absolute atomic E-state index is 0.103. The van der Waals surface area contributed by atoms with Gasteiger partial charge in [-0.3, -0.25) is 4.79 Å². The number of amides is 1. The number of aromatic nitrogens is 2. The highest BCUT2D eigenvalue weighted by molar-refractivity contribution is 5.78. The average molecular weight is 391 g/mol. The summed E-state index contributed by atoms with van der Waals surface area (Å²) < 4.78 is 50.5. The van der Waals surface area contributed by atoms with Crippen molar-refractivity contribution in [1.82, 2.24) is 15.1 Å². The third-order valence-corrected chi connectivity index (χ3v) is 4.49. The standard InChI is InChI=1S/C19H16F3N3O3/c20-19(21,22)12-3-5-13(6-4-12)25-17-11-27-10-16(15(17)9-23-25)24-18(26)8-14-2-1-7-28-14/h1-7,9,16H,8,10-11H2,(H,24,26)/t16-/m1/s1. The minimum atomic E-state index is -4.39. The van der Waals surface area contributed by atoms with Crippen molar-refractivity contribution in [2.24, 2.45) is 0 Å². The van der Waals surface area contributed by atoms with Gasteiger partial charge in [-0.05, 0) is 36.4 Å². The molecule has 1 N–H and O–H groups in total. The molecule has 1 atom stereocenters. The van der Waals surface area contributed by atoms with Crippen molar-refractivity contribution in [3.63, 3.8) is 0 Å². The fraction of sp³-hybridized carbons (Fsp3) is 0.263. The van der Waals surface area contributed by atoms with Crippen molar-refractivity contribution in [2.45, 2.75) is 25.2 Å². The van der Waals surface area contributed by atoms with E-state index >= 15 is 0 Å². The number of carbonyl (C=O) groups is 1. The minimum Gasteiger partial charge on any atom is -0.469 e. The Hall–Kier alpha value is -3.07. The number of nitrogens with zero attached hydrogens (tertiary/aromatic N) is 2. The first-order valence-electron chi connectivity index (χ1n) is 8.56. The summed E-state index contributed by atoms with van der Waals surface area (Å²) in [6, 6.07) is 7.76. The number of halogens is 3. The number of furan rings is 1. The third-order valence-electron chi connectivity index (χ3n) is 4.49. The largest absolute Gasteiger partial charge is 0.469 e. The average Bonchev–Trinajstić information content (AvgIpc) is 3.31. The number of nitrogens with one attached hydrogen (secondary N) is 1. The summed E-state index contributed by atoms with van der Waals surface area (Å²) in [5, 5.41) is 7.16. The second-order valence-electron chi connectivity index (χ2n) is 6.39. The summed E-state index contributed by atoms with van der Waals surface area (Å²) in [5.74, 6) is 0.327. The normalized spacial score (nSPS) is 16.6. The van der Waals surface area contributed by atoms with Crippen molar-refractivity contribution in [3.05, 3.63) is 71.4 Å². The lowest BCUT2D eigenvalue weighted by atomic mass is 10.1. The van der Waals surface area contributed by atoms with Crippen LogP contribution in [0.5, 0.6) is 0 Å². The van der Waals surface area contributed by atoms with E-state index in [2.05, 4.69) is 10.4 Å². The van der Waals surface area contributed by atoms with Crippen LogP contribution in [0.25, 0.3) is 5.69 Å². The fourth-order valence-electron chi connectivity index (χ4n) is 3.14. The number of benzene rings is 1. The molecule has 2 aromatic heterocycles. The van der Waals surface area contributed by atoms with Crippen LogP contribution >= 0.6 is 0 Å². The summed E-state index contributed by atoms with van der Waals surface area (Å²) in [4.78, 5) is 12.2. The van der Waals surface area contributed by atoms with E-state index in [1.807, 2.05) is 0 Å². The van der Waals surface area contributed by atoms with Crippen LogP contribution in [-0.2, 0) is 28.7 Å². The quantitative estimate of drug-likeness (QED) is 0.740. The number of carbonyl (C=O) groups excluding carboxylic acids is 1. The Morgan fingerprint density at radius 1 is 1.25 bits per heavy atom. The van der Waals surface area contributed by atoms with Crippen LogP contribution in [0.1, 0.15) is 28.6 Å². The Labute approximate surface area is 157 Å². The molecule has 0 radical (unpaired) electrons. The Morgan fingerprint density at radius 2 is 2.04 bits per heavy atom. The molecule has 0 unspecified atom stereocenters. The van der Waals surface area contributed by atoms with Gasteiger partial charge < -0.3 is 14.5 Å². The van der Waals surface area contributed by atoms with Crippen LogP contribution in [0.3, 0.4) is 0 Å². The number of hydrogen-bond donors (Lipinski definition) is 1. The first-order chi connectivity index (χ1) is 13.4. The van der Waals surface area contributed by atoms with E-state index in [4.69, 9.17) is 9.15 Å². The molecule has 3 heterocycles. The molecule has 6 nitrogen and oxygen atoms in total. The van der Waals surface area contributed by atoms with Crippen LogP contribution in [0, 0.1) is 0 Å². The van der Waals surface area contributed by atoms with Crippen LogP contribution in [0.4, 0.5) is 13.2 Å². The molecule has 0 spiro atoms. The third kappa shape index (κ3) is 3.65. The molecule has 146 valence electrons. The second-order valence-corrected chi connectivity index (χ2v) is 6.39. The summed E-state index contributed by atoms with van der Waals surface area (Å²) in [6.07, 6.45) is -1.19. The first-order valence-corrected chi connectivity index (χ1v) is 8.56. The van der Waals surface area contributed by atoms with Crippen molar-refractivity contribution >= 4 is 5.91 Å². The Kier molecular flexibility index (Phi) is 4.68. The van der Waals surface area contributed by atoms with Gasteiger partial charge in [0.15, 0.2) is 0 Å². The molecule has 0 aliphatic carbocycles. The topological polar surface area (TPSA) is 69.3 Å². The number of rotatable bonds is 4. The van der Waals surface area contributed by atoms with E-state index in [-0.39, 0.29) is 25.5 Å². The molecule has 0 saturated carbocycles. The molecule has 1 aromatic carbocycles. The summed E-state index contributed by atoms with van der Waals surface area (Å²) in [5.41, 5.74) is 1.23. The fourth-order valence-corrected chi connectivity index (χ4v) is 3.14. The first kappa shape index (κ1) is 18.3. The maximum Gasteiger partial charge on any atom is 0.416 e. The molecule has 4 rings (SSSR count). The van der Waals surface area contributed by atoms with Crippen LogP contribution in [0.15, 0.2) is 53.3 Å². The van der Waals surface area contributed by atoms with Gasteiger partial charge in [0.05, 0.1) is 55.1 Å². The highest BCUT2D eigenvalue weighted by Gasteiger charge is 2.31. The lowest BCUT2D eigenvalue weighted by Gasteiger charge is -2.24. The van der Waals surface area contributed by atoms with Crippen molar-refractivity contribution in [2.75, 3.05) is 6.61 Å². The van der Waals surface area contributed by atoms with Crippen molar-refractivity contribution in [1.29, 1.82) is 0 Å². The maximum absolute atomic E-state index is 12.8. The summed E-state index contributed by atoms with van der Waals surface area (Å²) >= 11 is 0. The number of fused-ring (bicyclic) bond motifs is 1. The molecule has 0 saturated heterocycles. The van der Waals surface area contributed by atoms with Crippen molar-refractivity contribution < 1.29 is 27.1 Å². The highest BCUT2D eigenvalue weighted by Crippen LogP contribution is 2.31. The van der Waals surface area contributed by atoms with Crippen LogP contribution in [-0.4, -0.2) is 22.3 Å². The molecule has 1 amide bonds. The van der Waals surface area contributed by atoms with Gasteiger partial charge in [0.2, 0.25) is 5.91 Å². The van der Waals surface area contributed by atoms with E-state index in [1.165, 1.54) is 23.1 Å². The highest BCUT2D eigenvalue weighted by atomic mass is 19.4. The van der Waals surface area contributed by atoms with Gasteiger partial charge in [-0.15, -0.1) is 0 Å². The molecule has 0 fully saturated rings. The maximum atomic E-state index is 12.8. The zero-order chi connectivity index (χ0) is 19.7. The van der Waals surface area contributed by atoms with E-state index in [0.717, 1.165) is 17.7 Å². The smallest absolute Gasteiger partial charge is 0.416 e. The summed E-state index contributed by atoms with van der Waals surface area (Å²) in [6.45, 7) is 0.538. The molecular weight excluding hydrogens is 375 g/mol. The lowest BCUT2D eigenvalue weighted by Crippen LogP contribution is -2.35. The molecule has 1 aliphatic rings. The van der Waals surface area contributed by atoms with Gasteiger partial charge in [0.25, 0.3) is 0 Å². The van der Waals surface area contributed by atoms with Gasteiger partial charge >= 0.3 is 6.18 Å². The van der Waals surface area contributed by atoms with Gasteiger partial charge in [-0.25, -0.2) is 4.68 Å². The molecular formula is C19H16F3N3O3. The van der Waals surface area contributed by atoms with Crippen molar-refractivity contribution in [3.8, 4) is 5.69 Å². The number of alkyl halides is 3. The molecule has 28 heavy (non-hydrogen) atoms. The Balaban J connectivity index is 1.53. The predicted octanol–water partition coefficient (Wildman–Crippen LogP) is 3.41. The van der Waals surface area contributed by atoms with Gasteiger partial charge in [0.1, 0.15) is 5.76 Å². The number of hydrogen-bond acceptors (Lipinski definition) is 4. The van der Waals surface area contributed by atoms with E-state index < -0.39 is 17.8 Å². The lowest BCUT2D eigenvalue weighted by molar-refractivity contribution is -0.137. The Morgan fingerprint density at radius 3 is 2.71 bits per heavy atom.